The van der Waals surface area contributed by atoms with E-state index in [2.05, 4.69) is 15.5 Å². The van der Waals surface area contributed by atoms with Crippen molar-refractivity contribution in [1.82, 2.24) is 30.0 Å². The van der Waals surface area contributed by atoms with Crippen LogP contribution in [-0.4, -0.2) is 74.3 Å². The van der Waals surface area contributed by atoms with Crippen LogP contribution in [0.4, 0.5) is 13.2 Å². The Morgan fingerprint density at radius 3 is 2.70 bits per heavy atom. The monoisotopic (exact) mass is 292 g/mol. The lowest BCUT2D eigenvalue weighted by Gasteiger charge is -2.40. The standard InChI is InChI=1S/C10H15F3N6O/c1-8-4-17(2-3-18(8)6-10(11,12)13)9(20)5-19-7-14-15-16-19/h7-8H,2-6H2,1H3. The smallest absolute Gasteiger partial charge is 0.338 e. The van der Waals surface area contributed by atoms with Crippen molar-refractivity contribution in [3.8, 4) is 0 Å². The van der Waals surface area contributed by atoms with E-state index in [-0.39, 0.29) is 38.1 Å². The molecule has 0 spiro atoms. The number of tetrazole rings is 1. The van der Waals surface area contributed by atoms with E-state index < -0.39 is 12.7 Å². The van der Waals surface area contributed by atoms with Gasteiger partial charge in [0.2, 0.25) is 5.91 Å². The fraction of sp³-hybridized carbons (Fsp3) is 0.800. The van der Waals surface area contributed by atoms with E-state index in [4.69, 9.17) is 0 Å². The maximum absolute atomic E-state index is 12.4. The van der Waals surface area contributed by atoms with Crippen LogP contribution >= 0.6 is 0 Å². The van der Waals surface area contributed by atoms with Crippen LogP contribution < -0.4 is 0 Å². The zero-order chi connectivity index (χ0) is 14.8. The first-order chi connectivity index (χ1) is 9.35. The molecule has 0 saturated carbocycles. The second-order valence-electron chi connectivity index (χ2n) is 4.78. The molecule has 0 radical (unpaired) electrons. The molecular formula is C10H15F3N6O. The average molecular weight is 292 g/mol. The molecule has 7 nitrogen and oxygen atoms in total. The molecular weight excluding hydrogens is 277 g/mol. The highest BCUT2D eigenvalue weighted by atomic mass is 19.4. The van der Waals surface area contributed by atoms with Crippen molar-refractivity contribution >= 4 is 5.91 Å². The third-order valence-corrected chi connectivity index (χ3v) is 3.19. The van der Waals surface area contributed by atoms with Crippen LogP contribution in [0.1, 0.15) is 6.92 Å². The summed E-state index contributed by atoms with van der Waals surface area (Å²) >= 11 is 0. The largest absolute Gasteiger partial charge is 0.401 e. The van der Waals surface area contributed by atoms with E-state index in [1.807, 2.05) is 0 Å². The Morgan fingerprint density at radius 1 is 1.40 bits per heavy atom. The van der Waals surface area contributed by atoms with Gasteiger partial charge in [-0.15, -0.1) is 5.10 Å². The molecule has 1 unspecified atom stereocenters. The minimum absolute atomic E-state index is 0.00100. The molecule has 0 aromatic carbocycles. The van der Waals surface area contributed by atoms with Gasteiger partial charge < -0.3 is 4.90 Å². The molecule has 112 valence electrons. The number of rotatable bonds is 3. The molecule has 0 N–H and O–H groups in total. The van der Waals surface area contributed by atoms with Crippen LogP contribution in [0.2, 0.25) is 0 Å². The van der Waals surface area contributed by atoms with E-state index in [1.165, 1.54) is 15.9 Å². The number of carbonyl (C=O) groups excluding carboxylic acids is 1. The van der Waals surface area contributed by atoms with Gasteiger partial charge in [0.15, 0.2) is 0 Å². The Labute approximate surface area is 113 Å². The highest BCUT2D eigenvalue weighted by Gasteiger charge is 2.35. The summed E-state index contributed by atoms with van der Waals surface area (Å²) in [6.45, 7) is 1.50. The highest BCUT2D eigenvalue weighted by molar-refractivity contribution is 5.76. The van der Waals surface area contributed by atoms with E-state index in [9.17, 15) is 18.0 Å². The number of hydrogen-bond donors (Lipinski definition) is 0. The van der Waals surface area contributed by atoms with Gasteiger partial charge in [-0.3, -0.25) is 9.69 Å². The summed E-state index contributed by atoms with van der Waals surface area (Å²) in [4.78, 5) is 14.8. The van der Waals surface area contributed by atoms with Gasteiger partial charge >= 0.3 is 6.18 Å². The molecule has 1 aliphatic rings. The lowest BCUT2D eigenvalue weighted by atomic mass is 10.2. The summed E-state index contributed by atoms with van der Waals surface area (Å²) in [5, 5.41) is 10.4. The van der Waals surface area contributed by atoms with Crippen LogP contribution in [0, 0.1) is 0 Å². The molecule has 0 aliphatic carbocycles. The molecule has 10 heteroatoms. The van der Waals surface area contributed by atoms with Crippen molar-refractivity contribution in [3.05, 3.63) is 6.33 Å². The van der Waals surface area contributed by atoms with Gasteiger partial charge in [0, 0.05) is 25.7 Å². The number of hydrogen-bond acceptors (Lipinski definition) is 5. The van der Waals surface area contributed by atoms with Gasteiger partial charge in [0.05, 0.1) is 6.54 Å². The topological polar surface area (TPSA) is 67.2 Å². The molecule has 2 rings (SSSR count). The van der Waals surface area contributed by atoms with Crippen molar-refractivity contribution in [3.63, 3.8) is 0 Å². The Kier molecular flexibility index (Phi) is 4.21. The minimum atomic E-state index is -4.22. The molecule has 0 bridgehead atoms. The number of halogens is 3. The van der Waals surface area contributed by atoms with Gasteiger partial charge in [0.1, 0.15) is 12.9 Å². The Hall–Kier alpha value is -1.71. The number of nitrogens with zero attached hydrogens (tertiary/aromatic N) is 6. The SMILES string of the molecule is CC1CN(C(=O)Cn2cnnn2)CCN1CC(F)(F)F. The van der Waals surface area contributed by atoms with Crippen molar-refractivity contribution in [2.75, 3.05) is 26.2 Å². The third kappa shape index (κ3) is 3.89. The number of piperazine rings is 1. The van der Waals surface area contributed by atoms with Gasteiger partial charge in [0.25, 0.3) is 0 Å². The quantitative estimate of drug-likeness (QED) is 0.770. The van der Waals surface area contributed by atoms with E-state index in [1.54, 1.807) is 11.8 Å². The number of carbonyl (C=O) groups is 1. The minimum Gasteiger partial charge on any atom is -0.338 e. The van der Waals surface area contributed by atoms with Crippen molar-refractivity contribution < 1.29 is 18.0 Å². The molecule has 1 aliphatic heterocycles. The van der Waals surface area contributed by atoms with Crippen LogP contribution in [0.3, 0.4) is 0 Å². The number of aromatic nitrogens is 4. The molecule has 1 aromatic rings. The summed E-state index contributed by atoms with van der Waals surface area (Å²) < 4.78 is 38.4. The van der Waals surface area contributed by atoms with Crippen molar-refractivity contribution in [1.29, 1.82) is 0 Å². The normalized spacial score (nSPS) is 21.2. The molecule has 1 amide bonds. The lowest BCUT2D eigenvalue weighted by Crippen LogP contribution is -2.56. The maximum atomic E-state index is 12.4. The van der Waals surface area contributed by atoms with Crippen molar-refractivity contribution in [2.45, 2.75) is 25.7 Å². The summed E-state index contributed by atoms with van der Waals surface area (Å²) in [6.07, 6.45) is -2.89. The van der Waals surface area contributed by atoms with Gasteiger partial charge in [-0.25, -0.2) is 4.68 Å². The molecule has 1 aromatic heterocycles. The predicted octanol–water partition coefficient (Wildman–Crippen LogP) is -0.232. The van der Waals surface area contributed by atoms with Crippen LogP contribution in [0.25, 0.3) is 0 Å². The van der Waals surface area contributed by atoms with Crippen molar-refractivity contribution in [2.24, 2.45) is 0 Å². The van der Waals surface area contributed by atoms with Gasteiger partial charge in [-0.05, 0) is 17.4 Å². The maximum Gasteiger partial charge on any atom is 0.401 e. The van der Waals surface area contributed by atoms with Gasteiger partial charge in [-0.2, -0.15) is 13.2 Å². The van der Waals surface area contributed by atoms with Gasteiger partial charge in [-0.1, -0.05) is 0 Å². The average Bonchev–Trinajstić information content (AvgIpc) is 2.83. The first kappa shape index (κ1) is 14.7. The van der Waals surface area contributed by atoms with Crippen LogP contribution in [-0.2, 0) is 11.3 Å². The fourth-order valence-corrected chi connectivity index (χ4v) is 2.18. The fourth-order valence-electron chi connectivity index (χ4n) is 2.18. The second kappa shape index (κ2) is 5.73. The predicted molar refractivity (Wildman–Crippen MR) is 61.5 cm³/mol. The summed E-state index contributed by atoms with van der Waals surface area (Å²) in [5.41, 5.74) is 0. The Balaban J connectivity index is 1.87. The molecule has 1 saturated heterocycles. The number of alkyl halides is 3. The molecule has 1 fully saturated rings. The van der Waals surface area contributed by atoms with E-state index in [0.29, 0.717) is 0 Å². The van der Waals surface area contributed by atoms with E-state index in [0.717, 1.165) is 0 Å². The summed E-state index contributed by atoms with van der Waals surface area (Å²) in [6, 6.07) is -0.330. The Bertz CT molecular complexity index is 448. The third-order valence-electron chi connectivity index (χ3n) is 3.19. The molecule has 1 atom stereocenters. The van der Waals surface area contributed by atoms with Crippen LogP contribution in [0.15, 0.2) is 6.33 Å². The first-order valence-corrected chi connectivity index (χ1v) is 6.14. The van der Waals surface area contributed by atoms with Crippen LogP contribution in [0.5, 0.6) is 0 Å². The first-order valence-electron chi connectivity index (χ1n) is 6.14. The summed E-state index contributed by atoms with van der Waals surface area (Å²) in [7, 11) is 0. The number of amides is 1. The highest BCUT2D eigenvalue weighted by Crippen LogP contribution is 2.20. The second-order valence-corrected chi connectivity index (χ2v) is 4.78. The zero-order valence-electron chi connectivity index (χ0n) is 10.9. The molecule has 2 heterocycles. The Morgan fingerprint density at radius 2 is 2.15 bits per heavy atom. The van der Waals surface area contributed by atoms with E-state index >= 15 is 0 Å². The zero-order valence-corrected chi connectivity index (χ0v) is 10.9. The lowest BCUT2D eigenvalue weighted by molar-refractivity contribution is -0.157. The molecule has 20 heavy (non-hydrogen) atoms. The summed E-state index contributed by atoms with van der Waals surface area (Å²) in [5.74, 6) is -0.198.